The Morgan fingerprint density at radius 2 is 1.43 bits per heavy atom. The standard InChI is InChI=1S/C39H36F8N2O5/c1-37(44,45)31-19-26(14-17-32(31)41)35(52)49-38(23-24-9-5-3-6-10-24,28-20-29(40)22-30(21-28)54-39(46,47)36(42)43)27-15-12-25(13-16-27)34(51)48-18-8-4-7-11-33(50)53-2/h3,5-6,9-10,12-17,19-22,36H,4,7-8,11,18,23H2,1-2H3,(H,48,51)(H,49,52)/t38-/m1/s1. The van der Waals surface area contributed by atoms with Gasteiger partial charge in [-0.25, -0.2) is 17.6 Å². The number of hydrogen-bond donors (Lipinski definition) is 2. The van der Waals surface area contributed by atoms with Crippen LogP contribution in [-0.2, 0) is 27.4 Å². The molecule has 0 saturated carbocycles. The van der Waals surface area contributed by atoms with Crippen molar-refractivity contribution in [3.63, 3.8) is 0 Å². The zero-order valence-corrected chi connectivity index (χ0v) is 29.0. The third kappa shape index (κ3) is 10.6. The number of ether oxygens (including phenoxy) is 2. The highest BCUT2D eigenvalue weighted by Crippen LogP contribution is 2.39. The molecule has 2 amide bonds. The zero-order valence-electron chi connectivity index (χ0n) is 29.0. The van der Waals surface area contributed by atoms with E-state index in [2.05, 4.69) is 20.1 Å². The van der Waals surface area contributed by atoms with Gasteiger partial charge in [-0.15, -0.1) is 0 Å². The number of amides is 2. The summed E-state index contributed by atoms with van der Waals surface area (Å²) < 4.78 is 121. The number of unbranched alkanes of at least 4 members (excludes halogenated alkanes) is 2. The van der Waals surface area contributed by atoms with Crippen LogP contribution >= 0.6 is 0 Å². The van der Waals surface area contributed by atoms with E-state index in [-0.39, 0.29) is 42.0 Å². The number of carbonyl (C=O) groups excluding carboxylic acids is 3. The van der Waals surface area contributed by atoms with Crippen LogP contribution in [0.15, 0.2) is 91.0 Å². The molecule has 54 heavy (non-hydrogen) atoms. The molecular formula is C39H36F8N2O5. The van der Waals surface area contributed by atoms with Crippen LogP contribution in [0.3, 0.4) is 0 Å². The number of benzene rings is 4. The topological polar surface area (TPSA) is 93.7 Å². The fourth-order valence-corrected chi connectivity index (χ4v) is 5.68. The lowest BCUT2D eigenvalue weighted by Gasteiger charge is -2.37. The number of alkyl halides is 6. The lowest BCUT2D eigenvalue weighted by Crippen LogP contribution is -2.49. The van der Waals surface area contributed by atoms with Crippen molar-refractivity contribution in [2.24, 2.45) is 0 Å². The third-order valence-electron chi connectivity index (χ3n) is 8.42. The van der Waals surface area contributed by atoms with E-state index in [9.17, 15) is 45.1 Å². The number of halogens is 8. The molecule has 0 heterocycles. The van der Waals surface area contributed by atoms with Gasteiger partial charge in [-0.05, 0) is 72.0 Å². The quantitative estimate of drug-likeness (QED) is 0.0638. The van der Waals surface area contributed by atoms with Crippen LogP contribution in [-0.4, -0.2) is 44.0 Å². The van der Waals surface area contributed by atoms with E-state index >= 15 is 4.39 Å². The maximum absolute atomic E-state index is 15.3. The van der Waals surface area contributed by atoms with Crippen molar-refractivity contribution in [3.8, 4) is 5.75 Å². The van der Waals surface area contributed by atoms with Gasteiger partial charge in [-0.2, -0.15) is 17.6 Å². The van der Waals surface area contributed by atoms with Crippen LogP contribution in [0.4, 0.5) is 35.1 Å². The molecule has 288 valence electrons. The Balaban J connectivity index is 1.81. The molecule has 0 unspecified atom stereocenters. The van der Waals surface area contributed by atoms with E-state index in [0.29, 0.717) is 49.9 Å². The van der Waals surface area contributed by atoms with E-state index in [1.165, 1.54) is 31.4 Å². The predicted molar refractivity (Wildman–Crippen MR) is 182 cm³/mol. The molecule has 7 nitrogen and oxygen atoms in total. The van der Waals surface area contributed by atoms with E-state index in [1.807, 2.05) is 0 Å². The molecule has 4 aromatic carbocycles. The Labute approximate surface area is 305 Å². The van der Waals surface area contributed by atoms with E-state index < -0.39 is 64.3 Å². The largest absolute Gasteiger partial charge is 0.469 e. The summed E-state index contributed by atoms with van der Waals surface area (Å²) in [7, 11) is 1.28. The number of esters is 1. The van der Waals surface area contributed by atoms with E-state index in [1.54, 1.807) is 30.3 Å². The molecular weight excluding hydrogens is 728 g/mol. The summed E-state index contributed by atoms with van der Waals surface area (Å²) in [6, 6.07) is 18.0. The molecule has 0 aromatic heterocycles. The number of methoxy groups -OCH3 is 1. The molecule has 4 aromatic rings. The fraction of sp³-hybridized carbons (Fsp3) is 0.308. The summed E-state index contributed by atoms with van der Waals surface area (Å²) in [6.45, 7) is 0.695. The fourth-order valence-electron chi connectivity index (χ4n) is 5.68. The summed E-state index contributed by atoms with van der Waals surface area (Å²) >= 11 is 0. The highest BCUT2D eigenvalue weighted by atomic mass is 19.3. The first-order valence-corrected chi connectivity index (χ1v) is 16.6. The van der Waals surface area contributed by atoms with Gasteiger partial charge in [0.05, 0.1) is 18.2 Å². The van der Waals surface area contributed by atoms with Gasteiger partial charge in [0.15, 0.2) is 0 Å². The van der Waals surface area contributed by atoms with Crippen molar-refractivity contribution >= 4 is 17.8 Å². The Kier molecular flexibility index (Phi) is 13.4. The van der Waals surface area contributed by atoms with Crippen LogP contribution in [0.2, 0.25) is 0 Å². The normalized spacial score (nSPS) is 12.9. The molecule has 1 atom stereocenters. The Morgan fingerprint density at radius 3 is 2.06 bits per heavy atom. The summed E-state index contributed by atoms with van der Waals surface area (Å²) in [5, 5.41) is 5.42. The first kappa shape index (κ1) is 41.3. The van der Waals surface area contributed by atoms with Gasteiger partial charge in [0.1, 0.15) is 17.4 Å². The van der Waals surface area contributed by atoms with Gasteiger partial charge in [-0.3, -0.25) is 14.4 Å². The first-order valence-electron chi connectivity index (χ1n) is 16.6. The van der Waals surface area contributed by atoms with Crippen LogP contribution in [0.1, 0.15) is 75.6 Å². The van der Waals surface area contributed by atoms with E-state index in [4.69, 9.17) is 0 Å². The van der Waals surface area contributed by atoms with Crippen molar-refractivity contribution in [1.82, 2.24) is 10.6 Å². The minimum Gasteiger partial charge on any atom is -0.469 e. The summed E-state index contributed by atoms with van der Waals surface area (Å²) in [5.41, 5.74) is -3.14. The molecule has 0 bridgehead atoms. The second-order valence-corrected chi connectivity index (χ2v) is 12.5. The summed E-state index contributed by atoms with van der Waals surface area (Å²) in [4.78, 5) is 38.3. The lowest BCUT2D eigenvalue weighted by atomic mass is 9.77. The van der Waals surface area contributed by atoms with Crippen LogP contribution in [0.5, 0.6) is 5.75 Å². The molecule has 0 fully saturated rings. The average Bonchev–Trinajstić information content (AvgIpc) is 3.12. The second-order valence-electron chi connectivity index (χ2n) is 12.5. The number of carbonyl (C=O) groups is 3. The smallest absolute Gasteiger partial charge is 0.461 e. The third-order valence-corrected chi connectivity index (χ3v) is 8.42. The van der Waals surface area contributed by atoms with Gasteiger partial charge in [0.25, 0.3) is 17.7 Å². The lowest BCUT2D eigenvalue weighted by molar-refractivity contribution is -0.253. The predicted octanol–water partition coefficient (Wildman–Crippen LogP) is 8.69. The number of hydrogen-bond acceptors (Lipinski definition) is 5. The summed E-state index contributed by atoms with van der Waals surface area (Å²) in [5.74, 6) is -9.19. The average molecular weight is 765 g/mol. The van der Waals surface area contributed by atoms with Crippen molar-refractivity contribution in [3.05, 3.63) is 136 Å². The monoisotopic (exact) mass is 764 g/mol. The molecule has 0 aliphatic carbocycles. The molecule has 0 radical (unpaired) electrons. The minimum atomic E-state index is -5.04. The highest BCUT2D eigenvalue weighted by Gasteiger charge is 2.45. The second kappa shape index (κ2) is 17.6. The maximum atomic E-state index is 15.3. The van der Waals surface area contributed by atoms with E-state index in [0.717, 1.165) is 18.2 Å². The highest BCUT2D eigenvalue weighted by molar-refractivity contribution is 5.96. The van der Waals surface area contributed by atoms with Gasteiger partial charge in [-0.1, -0.05) is 48.9 Å². The van der Waals surface area contributed by atoms with Gasteiger partial charge >= 0.3 is 18.5 Å². The van der Waals surface area contributed by atoms with Gasteiger partial charge < -0.3 is 20.1 Å². The zero-order chi connectivity index (χ0) is 39.7. The van der Waals surface area contributed by atoms with Crippen LogP contribution in [0.25, 0.3) is 0 Å². The molecule has 2 N–H and O–H groups in total. The Morgan fingerprint density at radius 1 is 0.759 bits per heavy atom. The van der Waals surface area contributed by atoms with Crippen LogP contribution < -0.4 is 15.4 Å². The number of nitrogens with one attached hydrogen (secondary N) is 2. The van der Waals surface area contributed by atoms with Gasteiger partial charge in [0, 0.05) is 43.5 Å². The molecule has 0 saturated heterocycles. The molecule has 4 rings (SSSR count). The molecule has 0 aliphatic rings. The Bertz CT molecular complexity index is 1920. The van der Waals surface area contributed by atoms with Crippen molar-refractivity contribution in [2.75, 3.05) is 13.7 Å². The van der Waals surface area contributed by atoms with Crippen molar-refractivity contribution in [1.29, 1.82) is 0 Å². The SMILES string of the molecule is COC(=O)CCCCCNC(=O)c1ccc([C@@](Cc2ccccc2)(NC(=O)c2ccc(F)c(C(C)(F)F)c2)c2cc(F)cc(OC(F)(F)C(F)F)c2)cc1. The summed E-state index contributed by atoms with van der Waals surface area (Å²) in [6.07, 6.45) is -7.64. The van der Waals surface area contributed by atoms with Crippen LogP contribution in [0, 0.1) is 11.6 Å². The Hall–Kier alpha value is -5.47. The number of rotatable bonds is 17. The first-order chi connectivity index (χ1) is 25.4. The molecule has 0 spiro atoms. The minimum absolute atomic E-state index is 0.111. The van der Waals surface area contributed by atoms with Crippen molar-refractivity contribution < 1.29 is 59.0 Å². The van der Waals surface area contributed by atoms with Crippen molar-refractivity contribution in [2.45, 2.75) is 63.0 Å². The maximum Gasteiger partial charge on any atom is 0.461 e. The van der Waals surface area contributed by atoms with Gasteiger partial charge in [0.2, 0.25) is 0 Å². The molecule has 0 aliphatic heterocycles. The molecule has 15 heteroatoms.